The van der Waals surface area contributed by atoms with Crippen molar-refractivity contribution in [3.05, 3.63) is 71.6 Å². The lowest BCUT2D eigenvalue weighted by Crippen LogP contribution is -2.33. The van der Waals surface area contributed by atoms with Crippen LogP contribution in [0.15, 0.2) is 53.8 Å². The van der Waals surface area contributed by atoms with Gasteiger partial charge in [0, 0.05) is 31.0 Å². The molecule has 2 aliphatic rings. The highest BCUT2D eigenvalue weighted by Crippen LogP contribution is 2.32. The molecule has 1 atom stereocenters. The standard InChI is InChI=1S/C25H30FN5OS/c26-21-8-6-19(7-9-21)18-33-25-29-28-24(31(25)17-23-5-3-15-32-23)20-10-13-30(14-11-20)16-22-4-1-2-12-27-22/h1-2,4,6-9,12,20,23H,3,5,10-11,13-18H2/t23-/m0/s1. The van der Waals surface area contributed by atoms with Gasteiger partial charge in [0.1, 0.15) is 11.6 Å². The summed E-state index contributed by atoms with van der Waals surface area (Å²) in [6.45, 7) is 4.61. The molecule has 0 N–H and O–H groups in total. The van der Waals surface area contributed by atoms with Gasteiger partial charge in [-0.25, -0.2) is 4.39 Å². The molecule has 2 fully saturated rings. The van der Waals surface area contributed by atoms with Crippen LogP contribution in [-0.2, 0) is 23.6 Å². The fraction of sp³-hybridized carbons (Fsp3) is 0.480. The SMILES string of the molecule is Fc1ccc(CSc2nnc(C3CCN(Cc4ccccn4)CC3)n2C[C@@H]2CCCO2)cc1. The predicted molar refractivity (Wildman–Crippen MR) is 126 cm³/mol. The Balaban J connectivity index is 1.26. The first kappa shape index (κ1) is 22.5. The van der Waals surface area contributed by atoms with Crippen LogP contribution in [0.1, 0.15) is 48.7 Å². The molecule has 0 amide bonds. The Morgan fingerprint density at radius 1 is 1.03 bits per heavy atom. The fourth-order valence-corrected chi connectivity index (χ4v) is 5.58. The fourth-order valence-electron chi connectivity index (χ4n) is 4.67. The van der Waals surface area contributed by atoms with Crippen molar-refractivity contribution in [2.24, 2.45) is 0 Å². The highest BCUT2D eigenvalue weighted by Gasteiger charge is 2.28. The van der Waals surface area contributed by atoms with Crippen molar-refractivity contribution in [1.82, 2.24) is 24.6 Å². The monoisotopic (exact) mass is 467 g/mol. The molecule has 0 radical (unpaired) electrons. The Hall–Kier alpha value is -2.29. The van der Waals surface area contributed by atoms with Crippen LogP contribution in [0.3, 0.4) is 0 Å². The van der Waals surface area contributed by atoms with Gasteiger partial charge in [-0.1, -0.05) is 30.0 Å². The van der Waals surface area contributed by atoms with Crippen molar-refractivity contribution < 1.29 is 9.13 Å². The lowest BCUT2D eigenvalue weighted by atomic mass is 9.95. The summed E-state index contributed by atoms with van der Waals surface area (Å²) in [6, 6.07) is 12.8. The van der Waals surface area contributed by atoms with Crippen molar-refractivity contribution in [1.29, 1.82) is 0 Å². The van der Waals surface area contributed by atoms with Crippen molar-refractivity contribution in [3.63, 3.8) is 0 Å². The number of piperidine rings is 1. The highest BCUT2D eigenvalue weighted by atomic mass is 32.2. The second kappa shape index (κ2) is 10.8. The first-order valence-corrected chi connectivity index (χ1v) is 12.8. The van der Waals surface area contributed by atoms with Crippen LogP contribution in [-0.4, -0.2) is 50.4 Å². The van der Waals surface area contributed by atoms with E-state index in [9.17, 15) is 4.39 Å². The summed E-state index contributed by atoms with van der Waals surface area (Å²) in [7, 11) is 0. The maximum Gasteiger partial charge on any atom is 0.191 e. The van der Waals surface area contributed by atoms with E-state index in [-0.39, 0.29) is 11.9 Å². The quantitative estimate of drug-likeness (QED) is 0.449. The first-order valence-electron chi connectivity index (χ1n) is 11.8. The van der Waals surface area contributed by atoms with Crippen LogP contribution in [0, 0.1) is 5.82 Å². The summed E-state index contributed by atoms with van der Waals surface area (Å²) in [5.74, 6) is 2.03. The van der Waals surface area contributed by atoms with Gasteiger partial charge in [-0.15, -0.1) is 10.2 Å². The smallest absolute Gasteiger partial charge is 0.191 e. The minimum absolute atomic E-state index is 0.207. The highest BCUT2D eigenvalue weighted by molar-refractivity contribution is 7.98. The second-order valence-electron chi connectivity index (χ2n) is 8.87. The van der Waals surface area contributed by atoms with Gasteiger partial charge in [0.05, 0.1) is 18.3 Å². The van der Waals surface area contributed by atoms with E-state index in [4.69, 9.17) is 4.74 Å². The Morgan fingerprint density at radius 2 is 1.88 bits per heavy atom. The van der Waals surface area contributed by atoms with E-state index < -0.39 is 0 Å². The molecule has 2 aliphatic heterocycles. The molecular weight excluding hydrogens is 437 g/mol. The van der Waals surface area contributed by atoms with Gasteiger partial charge in [-0.05, 0) is 68.6 Å². The average molecular weight is 468 g/mol. The van der Waals surface area contributed by atoms with Crippen molar-refractivity contribution in [2.45, 2.75) is 61.7 Å². The third kappa shape index (κ3) is 5.80. The summed E-state index contributed by atoms with van der Waals surface area (Å²) in [4.78, 5) is 6.95. The molecule has 6 nitrogen and oxygen atoms in total. The minimum atomic E-state index is -0.207. The molecule has 3 aromatic rings. The molecule has 8 heteroatoms. The van der Waals surface area contributed by atoms with Crippen molar-refractivity contribution in [3.8, 4) is 0 Å². The second-order valence-corrected chi connectivity index (χ2v) is 9.82. The Morgan fingerprint density at radius 3 is 2.61 bits per heavy atom. The van der Waals surface area contributed by atoms with E-state index in [1.54, 1.807) is 11.8 Å². The first-order chi connectivity index (χ1) is 16.2. The number of nitrogens with zero attached hydrogens (tertiary/aromatic N) is 5. The van der Waals surface area contributed by atoms with E-state index in [1.165, 1.54) is 12.1 Å². The number of aromatic nitrogens is 4. The molecule has 174 valence electrons. The summed E-state index contributed by atoms with van der Waals surface area (Å²) < 4.78 is 21.5. The van der Waals surface area contributed by atoms with Crippen LogP contribution in [0.4, 0.5) is 4.39 Å². The van der Waals surface area contributed by atoms with Crippen LogP contribution >= 0.6 is 11.8 Å². The van der Waals surface area contributed by atoms with Crippen LogP contribution in [0.5, 0.6) is 0 Å². The molecule has 4 heterocycles. The number of benzene rings is 1. The minimum Gasteiger partial charge on any atom is -0.376 e. The molecule has 2 aromatic heterocycles. The van der Waals surface area contributed by atoms with Gasteiger partial charge in [-0.2, -0.15) is 0 Å². The number of pyridine rings is 1. The number of rotatable bonds is 8. The molecule has 0 aliphatic carbocycles. The van der Waals surface area contributed by atoms with Gasteiger partial charge in [0.2, 0.25) is 0 Å². The third-order valence-electron chi connectivity index (χ3n) is 6.50. The summed E-state index contributed by atoms with van der Waals surface area (Å²) in [5, 5.41) is 10.2. The number of ether oxygens (including phenoxy) is 1. The van der Waals surface area contributed by atoms with Gasteiger partial charge < -0.3 is 9.30 Å². The molecule has 0 saturated carbocycles. The maximum atomic E-state index is 13.2. The number of thioether (sulfide) groups is 1. The molecular formula is C25H30FN5OS. The summed E-state index contributed by atoms with van der Waals surface area (Å²) in [6.07, 6.45) is 6.43. The van der Waals surface area contributed by atoms with Gasteiger partial charge in [0.15, 0.2) is 5.16 Å². The average Bonchev–Trinajstić information content (AvgIpc) is 3.51. The Labute approximate surface area is 198 Å². The van der Waals surface area contributed by atoms with Crippen LogP contribution in [0.2, 0.25) is 0 Å². The Kier molecular flexibility index (Phi) is 7.34. The van der Waals surface area contributed by atoms with Gasteiger partial charge in [0.25, 0.3) is 0 Å². The summed E-state index contributed by atoms with van der Waals surface area (Å²) >= 11 is 1.67. The van der Waals surface area contributed by atoms with E-state index >= 15 is 0 Å². The number of hydrogen-bond acceptors (Lipinski definition) is 6. The molecule has 5 rings (SSSR count). The topological polar surface area (TPSA) is 56.1 Å². The molecule has 2 saturated heterocycles. The molecule has 1 aromatic carbocycles. The lowest BCUT2D eigenvalue weighted by Gasteiger charge is -2.31. The molecule has 0 bridgehead atoms. The van der Waals surface area contributed by atoms with Gasteiger partial charge in [-0.3, -0.25) is 9.88 Å². The van der Waals surface area contributed by atoms with E-state index in [0.29, 0.717) is 5.92 Å². The zero-order valence-corrected chi connectivity index (χ0v) is 19.6. The van der Waals surface area contributed by atoms with E-state index in [0.717, 1.165) is 86.5 Å². The van der Waals surface area contributed by atoms with Crippen LogP contribution in [0.25, 0.3) is 0 Å². The molecule has 33 heavy (non-hydrogen) atoms. The Bertz CT molecular complexity index is 1020. The summed E-state index contributed by atoms with van der Waals surface area (Å²) in [5.41, 5.74) is 2.20. The number of halogens is 1. The van der Waals surface area contributed by atoms with Gasteiger partial charge >= 0.3 is 0 Å². The normalized spacial score (nSPS) is 19.8. The van der Waals surface area contributed by atoms with Crippen molar-refractivity contribution in [2.75, 3.05) is 19.7 Å². The maximum absolute atomic E-state index is 13.2. The number of likely N-dealkylation sites (tertiary alicyclic amines) is 1. The molecule has 0 spiro atoms. The number of hydrogen-bond donors (Lipinski definition) is 0. The van der Waals surface area contributed by atoms with E-state index in [2.05, 4.69) is 30.7 Å². The zero-order chi connectivity index (χ0) is 22.5. The third-order valence-corrected chi connectivity index (χ3v) is 7.54. The largest absolute Gasteiger partial charge is 0.376 e. The molecule has 0 unspecified atom stereocenters. The van der Waals surface area contributed by atoms with Crippen LogP contribution < -0.4 is 0 Å². The predicted octanol–water partition coefficient (Wildman–Crippen LogP) is 4.66. The van der Waals surface area contributed by atoms with E-state index in [1.807, 2.05) is 30.5 Å². The zero-order valence-electron chi connectivity index (χ0n) is 18.8. The lowest BCUT2D eigenvalue weighted by molar-refractivity contribution is 0.0931. The van der Waals surface area contributed by atoms with Crippen molar-refractivity contribution >= 4 is 11.8 Å².